The second kappa shape index (κ2) is 5.31. The van der Waals surface area contributed by atoms with Crippen LogP contribution in [0.15, 0.2) is 48.7 Å². The Morgan fingerprint density at radius 1 is 1.10 bits per heavy atom. The van der Waals surface area contributed by atoms with Gasteiger partial charge in [-0.15, -0.1) is 0 Å². The molecule has 0 aliphatic rings. The predicted octanol–water partition coefficient (Wildman–Crippen LogP) is 4.81. The second-order valence-corrected chi connectivity index (χ2v) is 5.43. The van der Waals surface area contributed by atoms with Crippen LogP contribution in [0.2, 0.25) is 10.0 Å². The summed E-state index contributed by atoms with van der Waals surface area (Å²) in [5, 5.41) is 2.28. The minimum absolute atomic E-state index is 0.602. The first-order chi connectivity index (χ1) is 9.69. The molecule has 0 aliphatic heterocycles. The maximum absolute atomic E-state index is 11.2. The molecule has 0 radical (unpaired) electrons. The smallest absolute Gasteiger partial charge is 0.152 e. The van der Waals surface area contributed by atoms with E-state index < -0.39 is 0 Å². The molecule has 0 spiro atoms. The van der Waals surface area contributed by atoms with Crippen molar-refractivity contribution >= 4 is 40.4 Å². The first-order valence-corrected chi connectivity index (χ1v) is 6.91. The fraction of sp³-hybridized carbons (Fsp3) is 0.0625. The Labute approximate surface area is 126 Å². The SMILES string of the molecule is O=Cc1cccc2ccn(Cc3ccc(Cl)cc3Cl)c12. The average Bonchev–Trinajstić information content (AvgIpc) is 2.85. The number of fused-ring (bicyclic) bond motifs is 1. The molecule has 0 unspecified atom stereocenters. The molecule has 0 fully saturated rings. The Morgan fingerprint density at radius 3 is 2.70 bits per heavy atom. The summed E-state index contributed by atoms with van der Waals surface area (Å²) >= 11 is 12.1. The fourth-order valence-corrected chi connectivity index (χ4v) is 2.82. The van der Waals surface area contributed by atoms with Crippen molar-refractivity contribution in [3.05, 3.63) is 69.8 Å². The Bertz CT molecular complexity index is 792. The van der Waals surface area contributed by atoms with E-state index in [0.717, 1.165) is 22.8 Å². The Hall–Kier alpha value is -1.77. The highest BCUT2D eigenvalue weighted by Gasteiger charge is 2.08. The van der Waals surface area contributed by atoms with Crippen LogP contribution in [0.4, 0.5) is 0 Å². The van der Waals surface area contributed by atoms with Gasteiger partial charge in [0.05, 0.1) is 5.52 Å². The monoisotopic (exact) mass is 303 g/mol. The third-order valence-electron chi connectivity index (χ3n) is 3.30. The maximum Gasteiger partial charge on any atom is 0.152 e. The molecular formula is C16H11Cl2NO. The van der Waals surface area contributed by atoms with Gasteiger partial charge in [-0.1, -0.05) is 41.4 Å². The van der Waals surface area contributed by atoms with Crippen molar-refractivity contribution in [2.24, 2.45) is 0 Å². The summed E-state index contributed by atoms with van der Waals surface area (Å²) in [6.07, 6.45) is 2.84. The number of rotatable bonds is 3. The van der Waals surface area contributed by atoms with Crippen LogP contribution < -0.4 is 0 Å². The van der Waals surface area contributed by atoms with Crippen LogP contribution in [0.3, 0.4) is 0 Å². The third kappa shape index (κ3) is 2.33. The summed E-state index contributed by atoms with van der Waals surface area (Å²) < 4.78 is 2.02. The molecule has 0 saturated carbocycles. The highest BCUT2D eigenvalue weighted by atomic mass is 35.5. The fourth-order valence-electron chi connectivity index (χ4n) is 2.35. The van der Waals surface area contributed by atoms with Crippen LogP contribution in [0.1, 0.15) is 15.9 Å². The molecule has 0 aliphatic carbocycles. The molecular weight excluding hydrogens is 293 g/mol. The van der Waals surface area contributed by atoms with Crippen molar-refractivity contribution in [3.8, 4) is 0 Å². The van der Waals surface area contributed by atoms with Gasteiger partial charge in [-0.05, 0) is 29.8 Å². The summed E-state index contributed by atoms with van der Waals surface area (Å²) in [4.78, 5) is 11.2. The van der Waals surface area contributed by atoms with E-state index in [1.54, 1.807) is 6.07 Å². The lowest BCUT2D eigenvalue weighted by Gasteiger charge is -2.09. The number of aldehydes is 1. The van der Waals surface area contributed by atoms with Crippen LogP contribution in [0, 0.1) is 0 Å². The number of para-hydroxylation sites is 1. The molecule has 4 heteroatoms. The lowest BCUT2D eigenvalue weighted by molar-refractivity contribution is 0.112. The lowest BCUT2D eigenvalue weighted by atomic mass is 10.1. The number of nitrogens with zero attached hydrogens (tertiary/aromatic N) is 1. The Kier molecular flexibility index (Phi) is 3.51. The van der Waals surface area contributed by atoms with Gasteiger partial charge in [0.25, 0.3) is 0 Å². The van der Waals surface area contributed by atoms with Gasteiger partial charge in [-0.25, -0.2) is 0 Å². The quantitative estimate of drug-likeness (QED) is 0.636. The van der Waals surface area contributed by atoms with Gasteiger partial charge in [0.15, 0.2) is 6.29 Å². The third-order valence-corrected chi connectivity index (χ3v) is 3.89. The molecule has 100 valence electrons. The van der Waals surface area contributed by atoms with E-state index in [2.05, 4.69) is 0 Å². The molecule has 2 aromatic carbocycles. The Morgan fingerprint density at radius 2 is 1.95 bits per heavy atom. The highest BCUT2D eigenvalue weighted by molar-refractivity contribution is 6.35. The first kappa shape index (κ1) is 13.2. The van der Waals surface area contributed by atoms with E-state index >= 15 is 0 Å². The first-order valence-electron chi connectivity index (χ1n) is 6.16. The van der Waals surface area contributed by atoms with Crippen molar-refractivity contribution in [2.75, 3.05) is 0 Å². The number of benzene rings is 2. The summed E-state index contributed by atoms with van der Waals surface area (Å²) in [6.45, 7) is 0.602. The maximum atomic E-state index is 11.2. The summed E-state index contributed by atoms with van der Waals surface area (Å²) in [7, 11) is 0. The normalized spacial score (nSPS) is 10.9. The lowest BCUT2D eigenvalue weighted by Crippen LogP contribution is -2.00. The van der Waals surface area contributed by atoms with Crippen molar-refractivity contribution in [3.63, 3.8) is 0 Å². The molecule has 1 aromatic heterocycles. The molecule has 1 heterocycles. The van der Waals surface area contributed by atoms with Crippen molar-refractivity contribution in [1.82, 2.24) is 4.57 Å². The van der Waals surface area contributed by atoms with Gasteiger partial charge >= 0.3 is 0 Å². The van der Waals surface area contributed by atoms with E-state index in [0.29, 0.717) is 22.2 Å². The Balaban J connectivity index is 2.09. The van der Waals surface area contributed by atoms with Gasteiger partial charge in [0.2, 0.25) is 0 Å². The molecule has 0 bridgehead atoms. The van der Waals surface area contributed by atoms with E-state index in [-0.39, 0.29) is 0 Å². The van der Waals surface area contributed by atoms with Crippen LogP contribution in [-0.2, 0) is 6.54 Å². The summed E-state index contributed by atoms with van der Waals surface area (Å²) in [5.74, 6) is 0. The van der Waals surface area contributed by atoms with Crippen LogP contribution in [0.25, 0.3) is 10.9 Å². The van der Waals surface area contributed by atoms with Crippen molar-refractivity contribution in [2.45, 2.75) is 6.54 Å². The average molecular weight is 304 g/mol. The number of hydrogen-bond acceptors (Lipinski definition) is 1. The van der Waals surface area contributed by atoms with Crippen molar-refractivity contribution in [1.29, 1.82) is 0 Å². The van der Waals surface area contributed by atoms with Gasteiger partial charge in [-0.2, -0.15) is 0 Å². The molecule has 20 heavy (non-hydrogen) atoms. The number of carbonyl (C=O) groups excluding carboxylic acids is 1. The standard InChI is InChI=1S/C16H11Cl2NO/c17-14-5-4-12(15(18)8-14)9-19-7-6-11-2-1-3-13(10-20)16(11)19/h1-8,10H,9H2. The van der Waals surface area contributed by atoms with Gasteiger partial charge in [0, 0.05) is 33.7 Å². The van der Waals surface area contributed by atoms with E-state index in [1.807, 2.05) is 47.2 Å². The van der Waals surface area contributed by atoms with Crippen LogP contribution in [-0.4, -0.2) is 10.9 Å². The number of halogens is 2. The molecule has 2 nitrogen and oxygen atoms in total. The second-order valence-electron chi connectivity index (χ2n) is 4.58. The van der Waals surface area contributed by atoms with Gasteiger partial charge < -0.3 is 4.57 Å². The highest BCUT2D eigenvalue weighted by Crippen LogP contribution is 2.25. The van der Waals surface area contributed by atoms with E-state index in [9.17, 15) is 4.79 Å². The molecule has 0 atom stereocenters. The summed E-state index contributed by atoms with van der Waals surface area (Å²) in [6, 6.07) is 13.1. The van der Waals surface area contributed by atoms with Gasteiger partial charge in [0.1, 0.15) is 0 Å². The number of hydrogen-bond donors (Lipinski definition) is 0. The van der Waals surface area contributed by atoms with Crippen LogP contribution in [0.5, 0.6) is 0 Å². The van der Waals surface area contributed by atoms with Crippen molar-refractivity contribution < 1.29 is 4.79 Å². The molecule has 0 N–H and O–H groups in total. The topological polar surface area (TPSA) is 22.0 Å². The largest absolute Gasteiger partial charge is 0.342 e. The summed E-state index contributed by atoms with van der Waals surface area (Å²) in [5.41, 5.74) is 2.57. The molecule has 3 aromatic rings. The van der Waals surface area contributed by atoms with Crippen LogP contribution >= 0.6 is 23.2 Å². The zero-order valence-corrected chi connectivity index (χ0v) is 12.0. The van der Waals surface area contributed by atoms with E-state index in [4.69, 9.17) is 23.2 Å². The molecule has 0 amide bonds. The number of aromatic nitrogens is 1. The molecule has 3 rings (SSSR count). The van der Waals surface area contributed by atoms with Gasteiger partial charge in [-0.3, -0.25) is 4.79 Å². The van der Waals surface area contributed by atoms with E-state index in [1.165, 1.54) is 0 Å². The molecule has 0 saturated heterocycles. The minimum Gasteiger partial charge on any atom is -0.342 e. The zero-order chi connectivity index (χ0) is 14.1. The minimum atomic E-state index is 0.602. The zero-order valence-electron chi connectivity index (χ0n) is 10.5. The predicted molar refractivity (Wildman–Crippen MR) is 82.9 cm³/mol. The number of carbonyl (C=O) groups is 1.